The van der Waals surface area contributed by atoms with E-state index in [0.29, 0.717) is 23.5 Å². The molecular formula is C16H18ClNO4S. The summed E-state index contributed by atoms with van der Waals surface area (Å²) in [5.41, 5.74) is 0.589. The first-order valence-corrected chi connectivity index (χ1v) is 8.50. The van der Waals surface area contributed by atoms with Crippen LogP contribution in [0, 0.1) is 0 Å². The maximum atomic E-state index is 12.4. The number of benzene rings is 1. The third kappa shape index (κ3) is 3.64. The predicted molar refractivity (Wildman–Crippen MR) is 91.8 cm³/mol. The lowest BCUT2D eigenvalue weighted by Crippen LogP contribution is -2.36. The fraction of sp³-hybridized carbons (Fsp3) is 0.375. The Kier molecular flexibility index (Phi) is 5.59. The van der Waals surface area contributed by atoms with Crippen molar-refractivity contribution in [3.05, 3.63) is 27.6 Å². The zero-order valence-electron chi connectivity index (χ0n) is 13.1. The van der Waals surface area contributed by atoms with Crippen LogP contribution in [0.15, 0.2) is 17.0 Å². The molecule has 0 aliphatic carbocycles. The molecule has 0 unspecified atom stereocenters. The summed E-state index contributed by atoms with van der Waals surface area (Å²) in [6.45, 7) is 5.92. The highest BCUT2D eigenvalue weighted by Gasteiger charge is 2.37. The molecule has 1 atom stereocenters. The summed E-state index contributed by atoms with van der Waals surface area (Å²) in [4.78, 5) is 26.0. The van der Waals surface area contributed by atoms with Gasteiger partial charge in [0, 0.05) is 6.04 Å². The number of nitrogens with zero attached hydrogens (tertiary/aromatic N) is 1. The van der Waals surface area contributed by atoms with Crippen molar-refractivity contribution in [2.75, 3.05) is 6.61 Å². The lowest BCUT2D eigenvalue weighted by Gasteiger charge is -2.19. The van der Waals surface area contributed by atoms with Crippen molar-refractivity contribution in [1.29, 1.82) is 0 Å². The first-order valence-electron chi connectivity index (χ1n) is 7.31. The van der Waals surface area contributed by atoms with E-state index >= 15 is 0 Å². The number of imide groups is 1. The zero-order valence-corrected chi connectivity index (χ0v) is 14.7. The molecule has 1 N–H and O–H groups in total. The van der Waals surface area contributed by atoms with Crippen molar-refractivity contribution in [2.45, 2.75) is 33.2 Å². The number of rotatable bonds is 5. The van der Waals surface area contributed by atoms with E-state index in [4.69, 9.17) is 16.3 Å². The summed E-state index contributed by atoms with van der Waals surface area (Å²) < 4.78 is 5.31. The van der Waals surface area contributed by atoms with Gasteiger partial charge in [0.25, 0.3) is 11.1 Å². The van der Waals surface area contributed by atoms with E-state index in [1.54, 1.807) is 19.1 Å². The average Bonchev–Trinajstić information content (AvgIpc) is 2.78. The van der Waals surface area contributed by atoms with E-state index in [2.05, 4.69) is 0 Å². The Morgan fingerprint density at radius 3 is 2.70 bits per heavy atom. The van der Waals surface area contributed by atoms with E-state index in [0.717, 1.165) is 11.8 Å². The van der Waals surface area contributed by atoms with Crippen LogP contribution in [-0.2, 0) is 4.79 Å². The topological polar surface area (TPSA) is 66.8 Å². The SMILES string of the molecule is CCOc1cc(/C=C2/SC(=O)N([C@@H](C)CC)C2=O)cc(Cl)c1O. The van der Waals surface area contributed by atoms with Crippen LogP contribution < -0.4 is 4.74 Å². The number of hydrogen-bond donors (Lipinski definition) is 1. The van der Waals surface area contributed by atoms with Gasteiger partial charge in [0.1, 0.15) is 0 Å². The Morgan fingerprint density at radius 2 is 2.09 bits per heavy atom. The summed E-state index contributed by atoms with van der Waals surface area (Å²) in [6.07, 6.45) is 2.28. The second-order valence-electron chi connectivity index (χ2n) is 5.09. The normalized spacial score (nSPS) is 17.9. The van der Waals surface area contributed by atoms with E-state index in [1.165, 1.54) is 11.0 Å². The van der Waals surface area contributed by atoms with Crippen LogP contribution in [0.2, 0.25) is 5.02 Å². The number of aromatic hydroxyl groups is 1. The van der Waals surface area contributed by atoms with Gasteiger partial charge in [-0.25, -0.2) is 0 Å². The van der Waals surface area contributed by atoms with Crippen LogP contribution in [0.1, 0.15) is 32.8 Å². The third-order valence-electron chi connectivity index (χ3n) is 3.50. The van der Waals surface area contributed by atoms with Crippen molar-refractivity contribution in [2.24, 2.45) is 0 Å². The highest BCUT2D eigenvalue weighted by atomic mass is 35.5. The molecule has 7 heteroatoms. The lowest BCUT2D eigenvalue weighted by atomic mass is 10.1. The minimum absolute atomic E-state index is 0.128. The molecule has 1 saturated heterocycles. The molecule has 0 aromatic heterocycles. The van der Waals surface area contributed by atoms with Crippen LogP contribution in [0.4, 0.5) is 4.79 Å². The van der Waals surface area contributed by atoms with Crippen LogP contribution >= 0.6 is 23.4 Å². The molecule has 1 fully saturated rings. The molecule has 2 amide bonds. The Bertz CT molecular complexity index is 674. The molecule has 1 aliphatic rings. The summed E-state index contributed by atoms with van der Waals surface area (Å²) in [5, 5.41) is 9.70. The second kappa shape index (κ2) is 7.27. The van der Waals surface area contributed by atoms with Gasteiger partial charge in [-0.2, -0.15) is 0 Å². The fourth-order valence-electron chi connectivity index (χ4n) is 2.14. The van der Waals surface area contributed by atoms with Crippen molar-refractivity contribution in [3.63, 3.8) is 0 Å². The van der Waals surface area contributed by atoms with Gasteiger partial charge in [-0.1, -0.05) is 18.5 Å². The number of phenolic OH excluding ortho intramolecular Hbond substituents is 1. The third-order valence-corrected chi connectivity index (χ3v) is 4.68. The van der Waals surface area contributed by atoms with E-state index in [-0.39, 0.29) is 33.7 Å². The van der Waals surface area contributed by atoms with Gasteiger partial charge in [0.05, 0.1) is 16.5 Å². The van der Waals surface area contributed by atoms with Crippen LogP contribution in [0.3, 0.4) is 0 Å². The zero-order chi connectivity index (χ0) is 17.1. The minimum Gasteiger partial charge on any atom is -0.503 e. The molecule has 1 aliphatic heterocycles. The molecule has 1 aromatic carbocycles. The highest BCUT2D eigenvalue weighted by Crippen LogP contribution is 2.38. The Labute approximate surface area is 144 Å². The maximum absolute atomic E-state index is 12.4. The van der Waals surface area contributed by atoms with Gasteiger partial charge >= 0.3 is 0 Å². The Morgan fingerprint density at radius 1 is 1.39 bits per heavy atom. The summed E-state index contributed by atoms with van der Waals surface area (Å²) >= 11 is 6.88. The molecule has 0 bridgehead atoms. The lowest BCUT2D eigenvalue weighted by molar-refractivity contribution is -0.124. The first kappa shape index (κ1) is 17.7. The minimum atomic E-state index is -0.309. The van der Waals surface area contributed by atoms with E-state index < -0.39 is 0 Å². The van der Waals surface area contributed by atoms with Crippen molar-refractivity contribution >= 4 is 40.6 Å². The monoisotopic (exact) mass is 355 g/mol. The van der Waals surface area contributed by atoms with E-state index in [1.807, 2.05) is 13.8 Å². The van der Waals surface area contributed by atoms with Crippen LogP contribution in [-0.4, -0.2) is 33.8 Å². The van der Waals surface area contributed by atoms with Gasteiger partial charge in [0.15, 0.2) is 11.5 Å². The Balaban J connectivity index is 2.36. The summed E-state index contributed by atoms with van der Waals surface area (Å²) in [6, 6.07) is 2.97. The van der Waals surface area contributed by atoms with Gasteiger partial charge < -0.3 is 9.84 Å². The molecule has 2 rings (SSSR count). The van der Waals surface area contributed by atoms with Crippen molar-refractivity contribution in [3.8, 4) is 11.5 Å². The molecule has 5 nitrogen and oxygen atoms in total. The number of amides is 2. The molecule has 1 heterocycles. The molecule has 0 radical (unpaired) electrons. The fourth-order valence-corrected chi connectivity index (χ4v) is 3.29. The summed E-state index contributed by atoms with van der Waals surface area (Å²) in [5.74, 6) is -0.206. The highest BCUT2D eigenvalue weighted by molar-refractivity contribution is 8.18. The summed E-state index contributed by atoms with van der Waals surface area (Å²) in [7, 11) is 0. The number of hydrogen-bond acceptors (Lipinski definition) is 5. The molecule has 23 heavy (non-hydrogen) atoms. The van der Waals surface area contributed by atoms with Gasteiger partial charge in [-0.15, -0.1) is 0 Å². The molecule has 124 valence electrons. The van der Waals surface area contributed by atoms with Crippen molar-refractivity contribution in [1.82, 2.24) is 4.90 Å². The number of ether oxygens (including phenoxy) is 1. The number of phenols is 1. The number of halogens is 1. The van der Waals surface area contributed by atoms with Crippen LogP contribution in [0.5, 0.6) is 11.5 Å². The van der Waals surface area contributed by atoms with Gasteiger partial charge in [-0.05, 0) is 55.8 Å². The molecule has 0 spiro atoms. The smallest absolute Gasteiger partial charge is 0.293 e. The number of thioether (sulfide) groups is 1. The van der Waals surface area contributed by atoms with E-state index in [9.17, 15) is 14.7 Å². The van der Waals surface area contributed by atoms with Gasteiger partial charge in [-0.3, -0.25) is 14.5 Å². The predicted octanol–water partition coefficient (Wildman–Crippen LogP) is 4.28. The molecular weight excluding hydrogens is 338 g/mol. The quantitative estimate of drug-likeness (QED) is 0.798. The molecule has 0 saturated carbocycles. The van der Waals surface area contributed by atoms with Crippen LogP contribution in [0.25, 0.3) is 6.08 Å². The average molecular weight is 356 g/mol. The van der Waals surface area contributed by atoms with Crippen molar-refractivity contribution < 1.29 is 19.4 Å². The number of carbonyl (C=O) groups is 2. The van der Waals surface area contributed by atoms with Gasteiger partial charge in [0.2, 0.25) is 0 Å². The largest absolute Gasteiger partial charge is 0.503 e. The standard InChI is InChI=1S/C16H18ClNO4S/c1-4-9(3)18-15(20)13(23-16(18)21)8-10-6-11(17)14(19)12(7-10)22-5-2/h6-9,19H,4-5H2,1-3H3/b13-8+/t9-/m0/s1. The molecule has 1 aromatic rings. The second-order valence-corrected chi connectivity index (χ2v) is 6.49. The maximum Gasteiger partial charge on any atom is 0.293 e. The Hall–Kier alpha value is -1.66. The first-order chi connectivity index (χ1) is 10.9. The number of carbonyl (C=O) groups excluding carboxylic acids is 2.